The summed E-state index contributed by atoms with van der Waals surface area (Å²) in [5.74, 6) is 0.336. The summed E-state index contributed by atoms with van der Waals surface area (Å²) in [4.78, 5) is -0.479. The summed E-state index contributed by atoms with van der Waals surface area (Å²) in [5, 5.41) is 0. The van der Waals surface area contributed by atoms with Gasteiger partial charge in [-0.1, -0.05) is 61.4 Å². The molecular weight excluding hydrogens is 528 g/mol. The maximum Gasteiger partial charge on any atom is 0.124 e. The first-order valence-electron chi connectivity index (χ1n) is 10.4. The second kappa shape index (κ2) is 12.6. The lowest BCUT2D eigenvalue weighted by Gasteiger charge is -2.10. The van der Waals surface area contributed by atoms with Crippen molar-refractivity contribution in [3.63, 3.8) is 0 Å². The number of hydrogen-bond acceptors (Lipinski definition) is 9. The Morgan fingerprint density at radius 1 is 0.556 bits per heavy atom. The van der Waals surface area contributed by atoms with E-state index in [4.69, 9.17) is 0 Å². The lowest BCUT2D eigenvalue weighted by Crippen LogP contribution is -2.01. The monoisotopic (exact) mass is 555 g/mol. The fourth-order valence-corrected chi connectivity index (χ4v) is 4.43. The number of rotatable bonds is 4. The number of benzene rings is 3. The van der Waals surface area contributed by atoms with Gasteiger partial charge in [-0.15, -0.1) is 0 Å². The summed E-state index contributed by atoms with van der Waals surface area (Å²) >= 11 is 0. The van der Waals surface area contributed by atoms with Gasteiger partial charge in [-0.3, -0.25) is 0 Å². The minimum absolute atomic E-state index is 0.131. The quantitative estimate of drug-likeness (QED) is 0.434. The van der Waals surface area contributed by atoms with Gasteiger partial charge >= 0.3 is 0 Å². The topological polar surface area (TPSA) is 172 Å². The smallest absolute Gasteiger partial charge is 0.124 e. The van der Waals surface area contributed by atoms with E-state index in [1.54, 1.807) is 43.3 Å². The predicted octanol–water partition coefficient (Wildman–Crippen LogP) is 3.82. The highest BCUT2D eigenvalue weighted by Gasteiger charge is 2.04. The van der Waals surface area contributed by atoms with Crippen LogP contribution in [0.5, 0.6) is 0 Å². The molecule has 0 aliphatic heterocycles. The summed E-state index contributed by atoms with van der Waals surface area (Å²) in [6.07, 6.45) is 0. The van der Waals surface area contributed by atoms with Crippen molar-refractivity contribution in [3.8, 4) is 0 Å². The molecule has 0 aliphatic rings. The van der Waals surface area contributed by atoms with Gasteiger partial charge in [0.05, 0.1) is 14.7 Å². The minimum Gasteiger partial charge on any atom is -0.744 e. The fourth-order valence-electron chi connectivity index (χ4n) is 2.80. The molecule has 0 aliphatic carbocycles. The predicted molar refractivity (Wildman–Crippen MR) is 132 cm³/mol. The largest absolute Gasteiger partial charge is 0.744 e. The van der Waals surface area contributed by atoms with Crippen molar-refractivity contribution in [2.45, 2.75) is 55.2 Å². The van der Waals surface area contributed by atoms with E-state index in [2.05, 4.69) is 0 Å². The Morgan fingerprint density at radius 3 is 1.28 bits per heavy atom. The molecule has 3 aromatic rings. The molecule has 0 saturated carbocycles. The molecule has 0 saturated heterocycles. The second-order valence-electron chi connectivity index (χ2n) is 8.17. The van der Waals surface area contributed by atoms with Gasteiger partial charge in [0.15, 0.2) is 0 Å². The number of aryl methyl sites for hydroxylation is 3. The van der Waals surface area contributed by atoms with Gasteiger partial charge < -0.3 is 13.7 Å². The molecule has 0 atom stereocenters. The van der Waals surface area contributed by atoms with Crippen molar-refractivity contribution in [2.24, 2.45) is 0 Å². The normalized spacial score (nSPS) is 11.7. The summed E-state index contributed by atoms with van der Waals surface area (Å²) in [7, 11) is -12.9. The molecular formula is C24H27O9S3-3. The molecule has 12 heteroatoms. The molecule has 0 radical (unpaired) electrons. The van der Waals surface area contributed by atoms with E-state index in [1.807, 2.05) is 27.7 Å². The molecule has 0 spiro atoms. The first kappa shape index (κ1) is 31.4. The van der Waals surface area contributed by atoms with Crippen LogP contribution in [-0.4, -0.2) is 38.9 Å². The van der Waals surface area contributed by atoms with E-state index in [-0.39, 0.29) is 14.7 Å². The van der Waals surface area contributed by atoms with E-state index < -0.39 is 30.4 Å². The Labute approximate surface area is 213 Å². The molecule has 198 valence electrons. The average Bonchev–Trinajstić information content (AvgIpc) is 2.73. The third kappa shape index (κ3) is 10.6. The third-order valence-corrected chi connectivity index (χ3v) is 7.44. The van der Waals surface area contributed by atoms with Crippen molar-refractivity contribution >= 4 is 30.4 Å². The maximum absolute atomic E-state index is 10.6. The van der Waals surface area contributed by atoms with E-state index in [9.17, 15) is 38.9 Å². The summed E-state index contributed by atoms with van der Waals surface area (Å²) in [6.45, 7) is 9.27. The van der Waals surface area contributed by atoms with Crippen molar-refractivity contribution in [2.75, 3.05) is 0 Å². The molecule has 36 heavy (non-hydrogen) atoms. The highest BCUT2D eigenvalue weighted by molar-refractivity contribution is 7.86. The Balaban J connectivity index is 0.000000271. The van der Waals surface area contributed by atoms with E-state index in [0.717, 1.165) is 16.7 Å². The first-order chi connectivity index (χ1) is 16.3. The first-order valence-corrected chi connectivity index (χ1v) is 14.7. The van der Waals surface area contributed by atoms with Crippen LogP contribution in [0, 0.1) is 20.8 Å². The summed E-state index contributed by atoms with van der Waals surface area (Å²) in [6, 6.07) is 16.4. The van der Waals surface area contributed by atoms with Crippen LogP contribution in [0.4, 0.5) is 0 Å². The number of hydrogen-bond donors (Lipinski definition) is 0. The molecule has 0 amide bonds. The van der Waals surface area contributed by atoms with Gasteiger partial charge in [0.25, 0.3) is 0 Å². The highest BCUT2D eigenvalue weighted by Crippen LogP contribution is 2.17. The third-order valence-electron chi connectivity index (χ3n) is 4.74. The molecule has 0 N–H and O–H groups in total. The highest BCUT2D eigenvalue weighted by atomic mass is 32.2. The second-order valence-corrected chi connectivity index (χ2v) is 12.3. The van der Waals surface area contributed by atoms with Crippen LogP contribution < -0.4 is 0 Å². The van der Waals surface area contributed by atoms with Gasteiger partial charge in [-0.2, -0.15) is 0 Å². The van der Waals surface area contributed by atoms with Crippen molar-refractivity contribution in [1.29, 1.82) is 0 Å². The van der Waals surface area contributed by atoms with Crippen LogP contribution in [0.25, 0.3) is 0 Å². The average molecular weight is 556 g/mol. The maximum atomic E-state index is 10.6. The van der Waals surface area contributed by atoms with E-state index in [1.165, 1.54) is 30.3 Å². The van der Waals surface area contributed by atoms with Crippen LogP contribution >= 0.6 is 0 Å². The Morgan fingerprint density at radius 2 is 0.944 bits per heavy atom. The zero-order valence-corrected chi connectivity index (χ0v) is 22.8. The molecule has 0 heterocycles. The van der Waals surface area contributed by atoms with Crippen LogP contribution in [0.2, 0.25) is 0 Å². The van der Waals surface area contributed by atoms with Crippen LogP contribution in [0.1, 0.15) is 42.0 Å². The van der Waals surface area contributed by atoms with Crippen molar-refractivity contribution in [3.05, 3.63) is 89.0 Å². The zero-order chi connectivity index (χ0) is 27.9. The van der Waals surface area contributed by atoms with Crippen molar-refractivity contribution in [1.82, 2.24) is 0 Å². The van der Waals surface area contributed by atoms with Gasteiger partial charge in [-0.25, -0.2) is 25.3 Å². The van der Waals surface area contributed by atoms with Crippen LogP contribution in [-0.2, 0) is 30.4 Å². The Kier molecular flexibility index (Phi) is 11.0. The van der Waals surface area contributed by atoms with Crippen LogP contribution in [0.3, 0.4) is 0 Å². The molecule has 3 aromatic carbocycles. The van der Waals surface area contributed by atoms with Gasteiger partial charge in [0.2, 0.25) is 0 Å². The van der Waals surface area contributed by atoms with E-state index >= 15 is 0 Å². The molecule has 3 rings (SSSR count). The minimum atomic E-state index is -4.30. The van der Waals surface area contributed by atoms with Crippen LogP contribution in [0.15, 0.2) is 81.4 Å². The lowest BCUT2D eigenvalue weighted by molar-refractivity contribution is 0.460. The van der Waals surface area contributed by atoms with Crippen molar-refractivity contribution < 1.29 is 38.9 Å². The Hall–Kier alpha value is -2.61. The molecule has 9 nitrogen and oxygen atoms in total. The lowest BCUT2D eigenvalue weighted by atomic mass is 10.0. The molecule has 0 unspecified atom stereocenters. The van der Waals surface area contributed by atoms with Gasteiger partial charge in [-0.05, 0) is 68.1 Å². The summed E-state index contributed by atoms with van der Waals surface area (Å²) < 4.78 is 94.7. The molecule has 0 fully saturated rings. The molecule has 0 aromatic heterocycles. The SMILES string of the molecule is CC(C)c1ccc(S(=O)(=O)[O-])cc1.Cc1ccc(S(=O)(=O)[O-])c(C)c1.Cc1ccc(S(=O)(=O)[O-])cc1. The van der Waals surface area contributed by atoms with Gasteiger partial charge in [0.1, 0.15) is 30.4 Å². The van der Waals surface area contributed by atoms with Gasteiger partial charge in [0, 0.05) is 0 Å². The fraction of sp³-hybridized carbons (Fsp3) is 0.250. The van der Waals surface area contributed by atoms with E-state index in [0.29, 0.717) is 11.5 Å². The summed E-state index contributed by atoms with van der Waals surface area (Å²) in [5.41, 5.74) is 3.40. The standard InChI is InChI=1S/C9H12O3S.C8H10O3S.C7H8O3S/c1-7(2)8-3-5-9(6-4-8)13(10,11)12;1-6-3-4-8(7(2)5-6)12(9,10)11;1-6-2-4-7(5-3-6)11(8,9)10/h3-7H,1-2H3,(H,10,11,12);3-5H,1-2H3,(H,9,10,11);2-5H,1H3,(H,8,9,10)/p-3. The Bertz CT molecular complexity index is 1470. The molecule has 0 bridgehead atoms. The zero-order valence-electron chi connectivity index (χ0n) is 20.3.